The van der Waals surface area contributed by atoms with Crippen LogP contribution in [0.4, 0.5) is 10.3 Å². The fraction of sp³-hybridized carbons (Fsp3) is 0.435. The minimum atomic E-state index is -0.854. The highest BCUT2D eigenvalue weighted by Gasteiger charge is 2.44. The molecule has 0 bridgehead atoms. The lowest BCUT2D eigenvalue weighted by Crippen LogP contribution is -2.43. The molecule has 168 valence electrons. The smallest absolute Gasteiger partial charge is 0.275 e. The first-order valence-corrected chi connectivity index (χ1v) is 10.7. The van der Waals surface area contributed by atoms with Gasteiger partial charge in [0.25, 0.3) is 5.56 Å². The molecule has 1 spiro atoms. The van der Waals surface area contributed by atoms with Gasteiger partial charge in [0.05, 0.1) is 43.3 Å². The fourth-order valence-electron chi connectivity index (χ4n) is 4.24. The van der Waals surface area contributed by atoms with Crippen LogP contribution in [-0.2, 0) is 22.6 Å². The molecule has 3 aromatic rings. The highest BCUT2D eigenvalue weighted by molar-refractivity contribution is 5.79. The monoisotopic (exact) mass is 439 g/mol. The highest BCUT2D eigenvalue weighted by atomic mass is 19.1. The largest absolute Gasteiger partial charge is 0.350 e. The minimum Gasteiger partial charge on any atom is -0.350 e. The average Bonchev–Trinajstić information content (AvgIpc) is 3.21. The molecular weight excluding hydrogens is 413 g/mol. The zero-order chi connectivity index (χ0) is 22.5. The summed E-state index contributed by atoms with van der Waals surface area (Å²) in [5.74, 6) is -0.748. The van der Waals surface area contributed by atoms with E-state index in [4.69, 9.17) is 14.5 Å². The summed E-state index contributed by atoms with van der Waals surface area (Å²) in [6, 6.07) is 7.72. The van der Waals surface area contributed by atoms with Crippen LogP contribution in [-0.4, -0.2) is 43.9 Å². The summed E-state index contributed by atoms with van der Waals surface area (Å²) < 4.78 is 29.0. The summed E-state index contributed by atoms with van der Waals surface area (Å²) in [4.78, 5) is 22.6. The van der Waals surface area contributed by atoms with Gasteiger partial charge in [0, 0.05) is 11.7 Å². The van der Waals surface area contributed by atoms with Gasteiger partial charge in [-0.1, -0.05) is 12.1 Å². The molecule has 1 saturated heterocycles. The molecule has 0 amide bonds. The molecule has 0 saturated carbocycles. The van der Waals surface area contributed by atoms with Crippen LogP contribution in [0.1, 0.15) is 27.2 Å². The van der Waals surface area contributed by atoms with Gasteiger partial charge in [-0.15, -0.1) is 0 Å². The van der Waals surface area contributed by atoms with E-state index in [1.54, 1.807) is 29.1 Å². The Labute approximate surface area is 185 Å². The third kappa shape index (κ3) is 3.71. The fourth-order valence-corrected chi connectivity index (χ4v) is 4.24. The third-order valence-corrected chi connectivity index (χ3v) is 5.55. The quantitative estimate of drug-likeness (QED) is 0.675. The van der Waals surface area contributed by atoms with Crippen LogP contribution in [0.15, 0.2) is 41.3 Å². The van der Waals surface area contributed by atoms with Crippen molar-refractivity contribution in [2.24, 2.45) is 0 Å². The molecule has 4 heterocycles. The second kappa shape index (κ2) is 7.53. The average molecular weight is 439 g/mol. The first-order chi connectivity index (χ1) is 15.2. The maximum atomic E-state index is 13.6. The Morgan fingerprint density at radius 2 is 1.75 bits per heavy atom. The van der Waals surface area contributed by atoms with Crippen LogP contribution < -0.4 is 10.9 Å². The van der Waals surface area contributed by atoms with Crippen molar-refractivity contribution < 1.29 is 13.9 Å². The Morgan fingerprint density at radius 3 is 2.44 bits per heavy atom. The molecule has 2 aliphatic rings. The maximum Gasteiger partial charge on any atom is 0.275 e. The number of nitrogens with one attached hydrogen (secondary N) is 1. The molecule has 1 aromatic carbocycles. The van der Waals surface area contributed by atoms with Gasteiger partial charge in [-0.3, -0.25) is 9.48 Å². The molecule has 1 fully saturated rings. The third-order valence-electron chi connectivity index (χ3n) is 5.55. The Bertz CT molecular complexity index is 1200. The summed E-state index contributed by atoms with van der Waals surface area (Å²) >= 11 is 0. The number of fused-ring (bicyclic) bond motifs is 1. The molecule has 2 aliphatic heterocycles. The Hall–Kier alpha value is -3.04. The Kier molecular flexibility index (Phi) is 4.90. The summed E-state index contributed by atoms with van der Waals surface area (Å²) in [6.07, 6.45) is 2.49. The lowest BCUT2D eigenvalue weighted by atomic mass is 10.0. The summed E-state index contributed by atoms with van der Waals surface area (Å²) in [6.45, 7) is 7.90. The van der Waals surface area contributed by atoms with Gasteiger partial charge in [-0.05, 0) is 51.0 Å². The van der Waals surface area contributed by atoms with Gasteiger partial charge in [-0.25, -0.2) is 19.0 Å². The van der Waals surface area contributed by atoms with Crippen LogP contribution in [0.3, 0.4) is 0 Å². The van der Waals surface area contributed by atoms with E-state index < -0.39 is 5.79 Å². The number of halogens is 1. The number of aromatic nitrogens is 4. The normalized spacial score (nSPS) is 17.5. The van der Waals surface area contributed by atoms with E-state index in [2.05, 4.69) is 10.3 Å². The summed E-state index contributed by atoms with van der Waals surface area (Å²) in [5, 5.41) is 3.27. The van der Waals surface area contributed by atoms with Crippen molar-refractivity contribution in [3.8, 4) is 22.5 Å². The number of nitrogens with zero attached hydrogens (tertiary/aromatic N) is 4. The molecule has 2 aromatic heterocycles. The molecule has 0 atom stereocenters. The van der Waals surface area contributed by atoms with E-state index in [0.29, 0.717) is 48.2 Å². The van der Waals surface area contributed by atoms with Crippen LogP contribution in [0.5, 0.6) is 0 Å². The van der Waals surface area contributed by atoms with Crippen molar-refractivity contribution in [2.75, 3.05) is 18.5 Å². The minimum absolute atomic E-state index is 0.190. The molecule has 0 aliphatic carbocycles. The van der Waals surface area contributed by atoms with Crippen LogP contribution in [0, 0.1) is 5.82 Å². The van der Waals surface area contributed by atoms with E-state index in [0.717, 1.165) is 6.42 Å². The standard InChI is InChI=1S/C23H26FN5O3/c1-22(2,3)27-21-25-10-9-17(26-21)19-18(15-5-7-16(24)8-6-15)20(30)29-14-23(13-28(19)29)31-11-4-12-32-23/h5-10H,4,11-14H2,1-3H3,(H,25,26,27). The summed E-state index contributed by atoms with van der Waals surface area (Å²) in [5.41, 5.74) is 1.90. The number of anilines is 1. The molecule has 0 unspecified atom stereocenters. The van der Waals surface area contributed by atoms with Crippen molar-refractivity contribution >= 4 is 5.95 Å². The van der Waals surface area contributed by atoms with Crippen LogP contribution in [0.2, 0.25) is 0 Å². The van der Waals surface area contributed by atoms with Crippen LogP contribution >= 0.6 is 0 Å². The topological polar surface area (TPSA) is 83.2 Å². The lowest BCUT2D eigenvalue weighted by molar-refractivity contribution is -0.267. The second-order valence-electron chi connectivity index (χ2n) is 9.25. The lowest BCUT2D eigenvalue weighted by Gasteiger charge is -2.32. The Balaban J connectivity index is 1.67. The SMILES string of the molecule is CC(C)(C)Nc1nccc(-c2c(-c3ccc(F)cc3)c(=O)n3n2CC2(C3)OCCCO2)n1. The molecule has 5 rings (SSSR count). The maximum absolute atomic E-state index is 13.6. The van der Waals surface area contributed by atoms with Crippen molar-refractivity contribution in [2.45, 2.75) is 51.6 Å². The van der Waals surface area contributed by atoms with E-state index in [9.17, 15) is 9.18 Å². The number of benzene rings is 1. The predicted octanol–water partition coefficient (Wildman–Crippen LogP) is 3.27. The molecule has 8 nitrogen and oxygen atoms in total. The zero-order valence-corrected chi connectivity index (χ0v) is 18.4. The first kappa shape index (κ1) is 20.8. The number of ether oxygens (including phenoxy) is 2. The van der Waals surface area contributed by atoms with Crippen molar-refractivity contribution in [3.63, 3.8) is 0 Å². The number of rotatable bonds is 3. The molecule has 1 N–H and O–H groups in total. The second-order valence-corrected chi connectivity index (χ2v) is 9.25. The highest BCUT2D eigenvalue weighted by Crippen LogP contribution is 2.36. The number of hydrogen-bond donors (Lipinski definition) is 1. The van der Waals surface area contributed by atoms with Gasteiger partial charge >= 0.3 is 0 Å². The van der Waals surface area contributed by atoms with Crippen LogP contribution in [0.25, 0.3) is 22.5 Å². The zero-order valence-electron chi connectivity index (χ0n) is 18.4. The van der Waals surface area contributed by atoms with Gasteiger partial charge in [-0.2, -0.15) is 0 Å². The molecular formula is C23H26FN5O3. The van der Waals surface area contributed by atoms with Gasteiger partial charge < -0.3 is 14.8 Å². The van der Waals surface area contributed by atoms with Gasteiger partial charge in [0.2, 0.25) is 11.7 Å². The predicted molar refractivity (Wildman–Crippen MR) is 118 cm³/mol. The molecule has 32 heavy (non-hydrogen) atoms. The van der Waals surface area contributed by atoms with Crippen molar-refractivity contribution in [1.82, 2.24) is 19.3 Å². The molecule has 9 heteroatoms. The summed E-state index contributed by atoms with van der Waals surface area (Å²) in [7, 11) is 0. The first-order valence-electron chi connectivity index (χ1n) is 10.7. The van der Waals surface area contributed by atoms with Gasteiger partial charge in [0.15, 0.2) is 0 Å². The van der Waals surface area contributed by atoms with E-state index >= 15 is 0 Å². The molecule has 0 radical (unpaired) electrons. The van der Waals surface area contributed by atoms with Crippen molar-refractivity contribution in [1.29, 1.82) is 0 Å². The van der Waals surface area contributed by atoms with E-state index in [-0.39, 0.29) is 23.5 Å². The van der Waals surface area contributed by atoms with E-state index in [1.807, 2.05) is 25.5 Å². The van der Waals surface area contributed by atoms with Crippen molar-refractivity contribution in [3.05, 3.63) is 52.7 Å². The van der Waals surface area contributed by atoms with E-state index in [1.165, 1.54) is 12.1 Å². The number of hydrogen-bond acceptors (Lipinski definition) is 6. The Morgan fingerprint density at radius 1 is 1.06 bits per heavy atom. The van der Waals surface area contributed by atoms with Gasteiger partial charge in [0.1, 0.15) is 5.82 Å².